The second-order valence-electron chi connectivity index (χ2n) is 6.11. The summed E-state index contributed by atoms with van der Waals surface area (Å²) in [6, 6.07) is 11.2. The highest BCUT2D eigenvalue weighted by Crippen LogP contribution is 2.23. The van der Waals surface area contributed by atoms with Gasteiger partial charge < -0.3 is 4.74 Å². The van der Waals surface area contributed by atoms with E-state index >= 15 is 0 Å². The Bertz CT molecular complexity index is 1000. The molecular formula is C20H18ClFN4O2. The molecule has 144 valence electrons. The van der Waals surface area contributed by atoms with Gasteiger partial charge in [-0.3, -0.25) is 9.89 Å². The monoisotopic (exact) mass is 400 g/mol. The summed E-state index contributed by atoms with van der Waals surface area (Å²) in [6.07, 6.45) is 2.28. The van der Waals surface area contributed by atoms with Crippen molar-refractivity contribution in [1.29, 1.82) is 0 Å². The number of hydrogen-bond acceptors (Lipinski definition) is 4. The highest BCUT2D eigenvalue weighted by Gasteiger charge is 2.15. The highest BCUT2D eigenvalue weighted by molar-refractivity contribution is 6.30. The molecule has 0 bridgehead atoms. The zero-order chi connectivity index (χ0) is 20.1. The summed E-state index contributed by atoms with van der Waals surface area (Å²) < 4.78 is 18.7. The van der Waals surface area contributed by atoms with Gasteiger partial charge in [-0.2, -0.15) is 10.2 Å². The maximum Gasteiger partial charge on any atom is 0.280 e. The molecule has 2 aromatic carbocycles. The van der Waals surface area contributed by atoms with E-state index in [0.717, 1.165) is 16.7 Å². The van der Waals surface area contributed by atoms with Crippen LogP contribution in [0.15, 0.2) is 53.8 Å². The predicted molar refractivity (Wildman–Crippen MR) is 106 cm³/mol. The van der Waals surface area contributed by atoms with Crippen molar-refractivity contribution in [3.8, 4) is 16.9 Å². The second-order valence-corrected chi connectivity index (χ2v) is 6.54. The number of nitrogens with one attached hydrogen (secondary N) is 2. The molecule has 6 nitrogen and oxygen atoms in total. The normalized spacial score (nSPS) is 12.1. The molecular weight excluding hydrogens is 383 g/mol. The molecule has 0 saturated carbocycles. The van der Waals surface area contributed by atoms with Crippen molar-refractivity contribution in [2.24, 2.45) is 5.10 Å². The first kappa shape index (κ1) is 19.6. The summed E-state index contributed by atoms with van der Waals surface area (Å²) in [5.41, 5.74) is 5.35. The minimum atomic E-state index is -0.754. The van der Waals surface area contributed by atoms with Crippen LogP contribution in [0.1, 0.15) is 18.2 Å². The Morgan fingerprint density at radius 1 is 1.32 bits per heavy atom. The van der Waals surface area contributed by atoms with E-state index in [0.29, 0.717) is 16.5 Å². The number of carbonyl (C=O) groups excluding carboxylic acids is 1. The molecule has 0 radical (unpaired) electrons. The van der Waals surface area contributed by atoms with E-state index in [1.54, 1.807) is 43.5 Å². The number of hydrogen-bond donors (Lipinski definition) is 2. The number of ether oxygens (including phenoxy) is 1. The van der Waals surface area contributed by atoms with Gasteiger partial charge in [-0.1, -0.05) is 23.7 Å². The molecule has 1 atom stereocenters. The number of H-pyrrole nitrogens is 1. The summed E-state index contributed by atoms with van der Waals surface area (Å²) in [4.78, 5) is 12.2. The Hall–Kier alpha value is -3.19. The van der Waals surface area contributed by atoms with E-state index in [9.17, 15) is 9.18 Å². The first-order chi connectivity index (χ1) is 13.4. The number of aryl methyl sites for hydroxylation is 1. The summed E-state index contributed by atoms with van der Waals surface area (Å²) in [7, 11) is 0. The molecule has 1 heterocycles. The first-order valence-electron chi connectivity index (χ1n) is 8.49. The van der Waals surface area contributed by atoms with Gasteiger partial charge in [-0.25, -0.2) is 9.82 Å². The van der Waals surface area contributed by atoms with Crippen LogP contribution >= 0.6 is 11.6 Å². The maximum atomic E-state index is 13.1. The van der Waals surface area contributed by atoms with Gasteiger partial charge in [-0.05, 0) is 55.3 Å². The zero-order valence-electron chi connectivity index (χ0n) is 15.2. The number of halogens is 2. The van der Waals surface area contributed by atoms with Crippen LogP contribution in [0.3, 0.4) is 0 Å². The van der Waals surface area contributed by atoms with E-state index in [1.165, 1.54) is 18.3 Å². The Morgan fingerprint density at radius 3 is 2.79 bits per heavy atom. The minimum absolute atomic E-state index is 0.320. The molecule has 3 rings (SSSR count). The van der Waals surface area contributed by atoms with Crippen LogP contribution in [-0.4, -0.2) is 28.4 Å². The van der Waals surface area contributed by atoms with Crippen LogP contribution in [0.4, 0.5) is 4.39 Å². The number of hydrazone groups is 1. The van der Waals surface area contributed by atoms with Gasteiger partial charge in [0.25, 0.3) is 5.91 Å². The molecule has 0 fully saturated rings. The zero-order valence-corrected chi connectivity index (χ0v) is 16.0. The van der Waals surface area contributed by atoms with Crippen molar-refractivity contribution < 1.29 is 13.9 Å². The summed E-state index contributed by atoms with van der Waals surface area (Å²) in [6.45, 7) is 3.47. The lowest BCUT2D eigenvalue weighted by molar-refractivity contribution is -0.127. The van der Waals surface area contributed by atoms with Gasteiger partial charge in [0.2, 0.25) is 0 Å². The van der Waals surface area contributed by atoms with Gasteiger partial charge in [0.1, 0.15) is 11.6 Å². The molecule has 0 unspecified atom stereocenters. The van der Waals surface area contributed by atoms with Crippen LogP contribution in [-0.2, 0) is 4.79 Å². The predicted octanol–water partition coefficient (Wildman–Crippen LogP) is 4.10. The average Bonchev–Trinajstić information content (AvgIpc) is 3.13. The second kappa shape index (κ2) is 8.67. The van der Waals surface area contributed by atoms with E-state index in [1.807, 2.05) is 6.92 Å². The van der Waals surface area contributed by atoms with Gasteiger partial charge >= 0.3 is 0 Å². The molecule has 0 aliphatic heterocycles. The molecule has 2 N–H and O–H groups in total. The number of nitrogens with zero attached hydrogens (tertiary/aromatic N) is 2. The van der Waals surface area contributed by atoms with Crippen molar-refractivity contribution in [1.82, 2.24) is 15.6 Å². The molecule has 3 aromatic rings. The Balaban J connectivity index is 1.62. The highest BCUT2D eigenvalue weighted by atomic mass is 35.5. The number of rotatable bonds is 6. The van der Waals surface area contributed by atoms with Crippen molar-refractivity contribution >= 4 is 23.7 Å². The molecule has 1 aromatic heterocycles. The van der Waals surface area contributed by atoms with Gasteiger partial charge in [-0.15, -0.1) is 0 Å². The quantitative estimate of drug-likeness (QED) is 0.483. The molecule has 0 aliphatic carbocycles. The minimum Gasteiger partial charge on any atom is -0.481 e. The average molecular weight is 401 g/mol. The third-order valence-electron chi connectivity index (χ3n) is 4.00. The standard InChI is InChI=1S/C20H18ClFN4O2/c1-12-9-15(21)5-8-19(12)28-13(2)20(27)26-24-11-18-17(10-23-25-18)14-3-6-16(22)7-4-14/h3-11,13H,1-2H3,(H,23,25)(H,26,27)/b24-11-/t13-/m1/s1. The lowest BCUT2D eigenvalue weighted by Crippen LogP contribution is -2.33. The van der Waals surface area contributed by atoms with Crippen molar-refractivity contribution in [3.63, 3.8) is 0 Å². The third kappa shape index (κ3) is 4.75. The van der Waals surface area contributed by atoms with Crippen LogP contribution in [0.2, 0.25) is 5.02 Å². The molecule has 0 aliphatic rings. The van der Waals surface area contributed by atoms with Crippen LogP contribution in [0, 0.1) is 12.7 Å². The number of carbonyl (C=O) groups is 1. The lowest BCUT2D eigenvalue weighted by Gasteiger charge is -2.14. The number of aromatic amines is 1. The Labute approximate surface area is 166 Å². The van der Waals surface area contributed by atoms with Crippen LogP contribution in [0.5, 0.6) is 5.75 Å². The van der Waals surface area contributed by atoms with Crippen LogP contribution in [0.25, 0.3) is 11.1 Å². The molecule has 8 heteroatoms. The molecule has 28 heavy (non-hydrogen) atoms. The summed E-state index contributed by atoms with van der Waals surface area (Å²) >= 11 is 5.92. The molecule has 0 spiro atoms. The van der Waals surface area contributed by atoms with Gasteiger partial charge in [0, 0.05) is 10.6 Å². The van der Waals surface area contributed by atoms with Crippen molar-refractivity contribution in [2.45, 2.75) is 20.0 Å². The van der Waals surface area contributed by atoms with E-state index in [-0.39, 0.29) is 5.82 Å². The Morgan fingerprint density at radius 2 is 2.07 bits per heavy atom. The lowest BCUT2D eigenvalue weighted by atomic mass is 10.1. The van der Waals surface area contributed by atoms with Gasteiger partial charge in [0.15, 0.2) is 6.10 Å². The number of aromatic nitrogens is 2. The molecule has 0 saturated heterocycles. The Kier molecular flexibility index (Phi) is 6.06. The summed E-state index contributed by atoms with van der Waals surface area (Å²) in [5.74, 6) is -0.156. The van der Waals surface area contributed by atoms with E-state index in [4.69, 9.17) is 16.3 Å². The van der Waals surface area contributed by atoms with Gasteiger partial charge in [0.05, 0.1) is 18.1 Å². The third-order valence-corrected chi connectivity index (χ3v) is 4.24. The fourth-order valence-electron chi connectivity index (χ4n) is 2.49. The van der Waals surface area contributed by atoms with E-state index < -0.39 is 12.0 Å². The largest absolute Gasteiger partial charge is 0.481 e. The number of amides is 1. The maximum absolute atomic E-state index is 13.1. The smallest absolute Gasteiger partial charge is 0.280 e. The molecule has 1 amide bonds. The number of benzene rings is 2. The topological polar surface area (TPSA) is 79.4 Å². The van der Waals surface area contributed by atoms with E-state index in [2.05, 4.69) is 20.7 Å². The first-order valence-corrected chi connectivity index (χ1v) is 8.87. The van der Waals surface area contributed by atoms with Crippen LogP contribution < -0.4 is 10.2 Å². The van der Waals surface area contributed by atoms with Crippen molar-refractivity contribution in [3.05, 3.63) is 70.8 Å². The fourth-order valence-corrected chi connectivity index (χ4v) is 2.72. The SMILES string of the molecule is Cc1cc(Cl)ccc1O[C@H](C)C(=O)N/N=C\c1[nH]ncc1-c1ccc(F)cc1. The summed E-state index contributed by atoms with van der Waals surface area (Å²) in [5, 5.41) is 11.3. The van der Waals surface area contributed by atoms with Crippen molar-refractivity contribution in [2.75, 3.05) is 0 Å². The fraction of sp³-hybridized carbons (Fsp3) is 0.150.